The third kappa shape index (κ3) is 2.16. The first-order valence-corrected chi connectivity index (χ1v) is 5.42. The zero-order valence-electron chi connectivity index (χ0n) is 9.48. The molecule has 2 heterocycles. The second-order valence-electron chi connectivity index (χ2n) is 3.95. The van der Waals surface area contributed by atoms with Crippen LogP contribution in [0.3, 0.4) is 0 Å². The van der Waals surface area contributed by atoms with E-state index in [2.05, 4.69) is 9.97 Å². The molecule has 0 aliphatic rings. The molecule has 0 radical (unpaired) electrons. The summed E-state index contributed by atoms with van der Waals surface area (Å²) < 4.78 is 43.0. The molecule has 0 amide bonds. The van der Waals surface area contributed by atoms with Crippen LogP contribution in [-0.2, 0) is 6.18 Å². The van der Waals surface area contributed by atoms with Crippen molar-refractivity contribution in [2.24, 2.45) is 0 Å². The maximum absolute atomic E-state index is 12.6. The Morgan fingerprint density at radius 1 is 1.05 bits per heavy atom. The van der Waals surface area contributed by atoms with E-state index in [1.165, 1.54) is 12.5 Å². The molecule has 0 aliphatic heterocycles. The van der Waals surface area contributed by atoms with Crippen LogP contribution in [0.25, 0.3) is 22.5 Å². The number of benzene rings is 1. The molecule has 0 saturated heterocycles. The van der Waals surface area contributed by atoms with Crippen LogP contribution in [0.4, 0.5) is 13.2 Å². The highest BCUT2D eigenvalue weighted by Gasteiger charge is 2.30. The normalized spacial score (nSPS) is 11.9. The summed E-state index contributed by atoms with van der Waals surface area (Å²) in [7, 11) is 0. The van der Waals surface area contributed by atoms with Gasteiger partial charge in [0.05, 0.1) is 11.3 Å². The molecular formula is C13H7F3N2O. The molecule has 19 heavy (non-hydrogen) atoms. The maximum atomic E-state index is 12.6. The van der Waals surface area contributed by atoms with Crippen LogP contribution in [0.5, 0.6) is 0 Å². The molecule has 0 fully saturated rings. The van der Waals surface area contributed by atoms with Crippen molar-refractivity contribution < 1.29 is 17.6 Å². The molecule has 0 bridgehead atoms. The van der Waals surface area contributed by atoms with Gasteiger partial charge in [-0.3, -0.25) is 0 Å². The molecule has 0 saturated carbocycles. The molecule has 0 spiro atoms. The summed E-state index contributed by atoms with van der Waals surface area (Å²) in [6.07, 6.45) is -3.12. The molecule has 0 unspecified atom stereocenters. The fourth-order valence-corrected chi connectivity index (χ4v) is 1.77. The lowest BCUT2D eigenvalue weighted by atomic mass is 10.1. The number of alkyl halides is 3. The number of halogens is 3. The van der Waals surface area contributed by atoms with Crippen molar-refractivity contribution in [3.63, 3.8) is 0 Å². The first-order valence-electron chi connectivity index (χ1n) is 5.42. The fourth-order valence-electron chi connectivity index (χ4n) is 1.77. The smallest absolute Gasteiger partial charge is 0.416 e. The molecule has 0 aliphatic carbocycles. The summed E-state index contributed by atoms with van der Waals surface area (Å²) in [5, 5.41) is 0. The molecule has 0 atom stereocenters. The highest BCUT2D eigenvalue weighted by Crippen LogP contribution is 2.31. The average Bonchev–Trinajstić information content (AvgIpc) is 2.85. The van der Waals surface area contributed by atoms with E-state index in [0.29, 0.717) is 22.5 Å². The predicted octanol–water partition coefficient (Wildman–Crippen LogP) is 3.91. The number of nitrogens with zero attached hydrogens (tertiary/aromatic N) is 2. The maximum Gasteiger partial charge on any atom is 0.416 e. The predicted molar refractivity (Wildman–Crippen MR) is 62.2 cm³/mol. The zero-order chi connectivity index (χ0) is 13.5. The van der Waals surface area contributed by atoms with E-state index in [1.807, 2.05) is 0 Å². The molecule has 6 heteroatoms. The molecule has 96 valence electrons. The number of aromatic nitrogens is 2. The minimum absolute atomic E-state index is 0.370. The highest BCUT2D eigenvalue weighted by atomic mass is 19.4. The van der Waals surface area contributed by atoms with Crippen molar-refractivity contribution in [2.45, 2.75) is 6.18 Å². The van der Waals surface area contributed by atoms with Gasteiger partial charge in [-0.25, -0.2) is 4.98 Å². The van der Waals surface area contributed by atoms with Crippen LogP contribution in [0.2, 0.25) is 0 Å². The zero-order valence-corrected chi connectivity index (χ0v) is 9.48. The Balaban J connectivity index is 2.10. The van der Waals surface area contributed by atoms with Gasteiger partial charge in [-0.1, -0.05) is 12.1 Å². The lowest BCUT2D eigenvalue weighted by Gasteiger charge is -2.08. The summed E-state index contributed by atoms with van der Waals surface area (Å²) in [4.78, 5) is 8.03. The van der Waals surface area contributed by atoms with Crippen LogP contribution in [0, 0.1) is 0 Å². The quantitative estimate of drug-likeness (QED) is 0.669. The van der Waals surface area contributed by atoms with Crippen molar-refractivity contribution in [3.8, 4) is 11.3 Å². The third-order valence-corrected chi connectivity index (χ3v) is 2.68. The minimum atomic E-state index is -4.37. The van der Waals surface area contributed by atoms with E-state index < -0.39 is 11.7 Å². The van der Waals surface area contributed by atoms with Gasteiger partial charge in [0.25, 0.3) is 0 Å². The molecule has 3 aromatic rings. The van der Waals surface area contributed by atoms with Crippen molar-refractivity contribution in [1.29, 1.82) is 0 Å². The number of fused-ring (bicyclic) bond motifs is 1. The van der Waals surface area contributed by atoms with E-state index in [9.17, 15) is 13.2 Å². The van der Waals surface area contributed by atoms with E-state index in [-0.39, 0.29) is 0 Å². The molecular weight excluding hydrogens is 257 g/mol. The largest absolute Gasteiger partial charge is 0.442 e. The topological polar surface area (TPSA) is 38.9 Å². The Hall–Kier alpha value is -2.37. The van der Waals surface area contributed by atoms with Crippen LogP contribution in [0.15, 0.2) is 47.2 Å². The summed E-state index contributed by atoms with van der Waals surface area (Å²) in [6, 6.07) is 8.25. The second-order valence-corrected chi connectivity index (χ2v) is 3.95. The Morgan fingerprint density at radius 2 is 1.89 bits per heavy atom. The second kappa shape index (κ2) is 4.08. The number of pyridine rings is 1. The lowest BCUT2D eigenvalue weighted by molar-refractivity contribution is -0.137. The van der Waals surface area contributed by atoms with Crippen molar-refractivity contribution in [3.05, 3.63) is 48.4 Å². The number of oxazole rings is 1. The van der Waals surface area contributed by atoms with Gasteiger partial charge < -0.3 is 4.42 Å². The van der Waals surface area contributed by atoms with Gasteiger partial charge in [0, 0.05) is 5.56 Å². The minimum Gasteiger partial charge on any atom is -0.442 e. The first-order chi connectivity index (χ1) is 9.04. The van der Waals surface area contributed by atoms with Gasteiger partial charge in [-0.15, -0.1) is 0 Å². The van der Waals surface area contributed by atoms with E-state index in [4.69, 9.17) is 4.42 Å². The summed E-state index contributed by atoms with van der Waals surface area (Å²) in [5.41, 5.74) is 0.977. The number of rotatable bonds is 1. The van der Waals surface area contributed by atoms with Crippen molar-refractivity contribution in [1.82, 2.24) is 9.97 Å². The Kier molecular flexibility index (Phi) is 2.51. The third-order valence-electron chi connectivity index (χ3n) is 2.68. The summed E-state index contributed by atoms with van der Waals surface area (Å²) >= 11 is 0. The fraction of sp³-hybridized carbons (Fsp3) is 0.0769. The Bertz CT molecular complexity index is 734. The van der Waals surface area contributed by atoms with E-state index in [0.717, 1.165) is 12.1 Å². The molecule has 3 rings (SSSR count). The van der Waals surface area contributed by atoms with Crippen LogP contribution in [0.1, 0.15) is 5.56 Å². The molecule has 0 N–H and O–H groups in total. The Morgan fingerprint density at radius 3 is 2.68 bits per heavy atom. The van der Waals surface area contributed by atoms with Gasteiger partial charge in [0.2, 0.25) is 0 Å². The average molecular weight is 264 g/mol. The summed E-state index contributed by atoms with van der Waals surface area (Å²) in [6.45, 7) is 0. The van der Waals surface area contributed by atoms with Gasteiger partial charge in [-0.2, -0.15) is 18.2 Å². The van der Waals surface area contributed by atoms with E-state index in [1.54, 1.807) is 18.2 Å². The molecule has 1 aromatic carbocycles. The monoisotopic (exact) mass is 264 g/mol. The van der Waals surface area contributed by atoms with Gasteiger partial charge in [0.1, 0.15) is 0 Å². The van der Waals surface area contributed by atoms with E-state index >= 15 is 0 Å². The number of hydrogen-bond donors (Lipinski definition) is 0. The standard InChI is InChI=1S/C13H7F3N2O/c14-13(15,16)9-3-1-2-8(6-9)10-4-5-11-12(18-10)17-7-19-11/h1-7H. The highest BCUT2D eigenvalue weighted by molar-refractivity contribution is 5.73. The van der Waals surface area contributed by atoms with Crippen LogP contribution < -0.4 is 0 Å². The van der Waals surface area contributed by atoms with Crippen LogP contribution >= 0.6 is 0 Å². The molecule has 3 nitrogen and oxygen atoms in total. The molecule has 2 aromatic heterocycles. The van der Waals surface area contributed by atoms with Crippen molar-refractivity contribution in [2.75, 3.05) is 0 Å². The van der Waals surface area contributed by atoms with Gasteiger partial charge in [0.15, 0.2) is 17.6 Å². The lowest BCUT2D eigenvalue weighted by Crippen LogP contribution is -2.04. The first kappa shape index (κ1) is 11.7. The number of hydrogen-bond acceptors (Lipinski definition) is 3. The van der Waals surface area contributed by atoms with Gasteiger partial charge >= 0.3 is 6.18 Å². The van der Waals surface area contributed by atoms with Gasteiger partial charge in [-0.05, 0) is 24.3 Å². The Labute approximate surface area is 105 Å². The van der Waals surface area contributed by atoms with Crippen LogP contribution in [-0.4, -0.2) is 9.97 Å². The summed E-state index contributed by atoms with van der Waals surface area (Å²) in [5.74, 6) is 0. The SMILES string of the molecule is FC(F)(F)c1cccc(-c2ccc3ocnc3n2)c1. The van der Waals surface area contributed by atoms with Crippen molar-refractivity contribution >= 4 is 11.2 Å².